The van der Waals surface area contributed by atoms with Gasteiger partial charge in [0.2, 0.25) is 0 Å². The van der Waals surface area contributed by atoms with E-state index in [0.717, 1.165) is 0 Å². The van der Waals surface area contributed by atoms with Crippen LogP contribution in [-0.2, 0) is 0 Å². The van der Waals surface area contributed by atoms with Crippen molar-refractivity contribution in [3.8, 4) is 0 Å². The third-order valence-electron chi connectivity index (χ3n) is 2.73. The van der Waals surface area contributed by atoms with Gasteiger partial charge in [-0.05, 0) is 26.7 Å². The maximum absolute atomic E-state index is 12.7. The van der Waals surface area contributed by atoms with Gasteiger partial charge in [-0.1, -0.05) is 0 Å². The fourth-order valence-electron chi connectivity index (χ4n) is 1.49. The Morgan fingerprint density at radius 2 is 1.94 bits per heavy atom. The number of anilines is 1. The Hall–Kier alpha value is -1.33. The van der Waals surface area contributed by atoms with E-state index >= 15 is 0 Å². The highest BCUT2D eigenvalue weighted by molar-refractivity contribution is 5.45. The number of rotatable bonds is 2. The molecule has 0 radical (unpaired) electrons. The van der Waals surface area contributed by atoms with Crippen molar-refractivity contribution >= 4 is 5.82 Å². The summed E-state index contributed by atoms with van der Waals surface area (Å²) in [6.45, 7) is 3.34. The summed E-state index contributed by atoms with van der Waals surface area (Å²) in [6, 6.07) is 0. The molecule has 1 aromatic heterocycles. The first-order valence-electron chi connectivity index (χ1n) is 4.99. The van der Waals surface area contributed by atoms with Crippen molar-refractivity contribution < 1.29 is 13.2 Å². The van der Waals surface area contributed by atoms with Crippen LogP contribution in [0.15, 0.2) is 6.20 Å². The van der Waals surface area contributed by atoms with Crippen molar-refractivity contribution in [2.24, 2.45) is 0 Å². The van der Waals surface area contributed by atoms with Gasteiger partial charge in [-0.2, -0.15) is 13.2 Å². The smallest absolute Gasteiger partial charge is 0.355 e. The highest BCUT2D eigenvalue weighted by Crippen LogP contribution is 2.51. The van der Waals surface area contributed by atoms with Crippen molar-refractivity contribution in [1.82, 2.24) is 9.97 Å². The summed E-state index contributed by atoms with van der Waals surface area (Å²) < 4.78 is 38.1. The minimum atomic E-state index is -4.23. The van der Waals surface area contributed by atoms with Crippen molar-refractivity contribution in [3.05, 3.63) is 17.6 Å². The summed E-state index contributed by atoms with van der Waals surface area (Å²) in [5.74, 6) is 0.231. The Kier molecular flexibility index (Phi) is 2.32. The molecule has 0 unspecified atom stereocenters. The van der Waals surface area contributed by atoms with E-state index in [1.54, 1.807) is 13.8 Å². The summed E-state index contributed by atoms with van der Waals surface area (Å²) >= 11 is 0. The van der Waals surface area contributed by atoms with Gasteiger partial charge in [-0.15, -0.1) is 0 Å². The molecule has 0 atom stereocenters. The second kappa shape index (κ2) is 3.33. The quantitative estimate of drug-likeness (QED) is 0.850. The van der Waals surface area contributed by atoms with Gasteiger partial charge < -0.3 is 5.32 Å². The molecule has 0 saturated heterocycles. The Labute approximate surface area is 91.1 Å². The molecule has 0 amide bonds. The summed E-state index contributed by atoms with van der Waals surface area (Å²) in [5, 5.41) is 2.48. The van der Waals surface area contributed by atoms with E-state index in [1.165, 1.54) is 6.20 Å². The highest BCUT2D eigenvalue weighted by atomic mass is 19.4. The van der Waals surface area contributed by atoms with Gasteiger partial charge in [0.25, 0.3) is 0 Å². The third kappa shape index (κ3) is 1.83. The normalized spacial score (nSPS) is 18.3. The van der Waals surface area contributed by atoms with Crippen LogP contribution in [0.25, 0.3) is 0 Å². The van der Waals surface area contributed by atoms with Gasteiger partial charge in [0.15, 0.2) is 0 Å². The monoisotopic (exact) mass is 231 g/mol. The van der Waals surface area contributed by atoms with E-state index in [-0.39, 0.29) is 18.7 Å². The second-order valence-corrected chi connectivity index (χ2v) is 4.15. The first-order chi connectivity index (χ1) is 7.34. The highest BCUT2D eigenvalue weighted by Gasteiger charge is 2.63. The van der Waals surface area contributed by atoms with Crippen LogP contribution >= 0.6 is 0 Å². The van der Waals surface area contributed by atoms with E-state index in [2.05, 4.69) is 15.3 Å². The van der Waals surface area contributed by atoms with Crippen LogP contribution in [0.3, 0.4) is 0 Å². The zero-order valence-electron chi connectivity index (χ0n) is 9.02. The molecule has 2 rings (SSSR count). The van der Waals surface area contributed by atoms with Crippen LogP contribution in [0.4, 0.5) is 19.0 Å². The summed E-state index contributed by atoms with van der Waals surface area (Å²) in [4.78, 5) is 8.02. The predicted molar refractivity (Wildman–Crippen MR) is 53.1 cm³/mol. The lowest BCUT2D eigenvalue weighted by Gasteiger charge is -2.22. The SMILES string of the molecule is Cc1cnc(C)c(NC2(C(F)(F)F)CC2)n1. The van der Waals surface area contributed by atoms with Crippen molar-refractivity contribution in [2.75, 3.05) is 5.32 Å². The van der Waals surface area contributed by atoms with Gasteiger partial charge in [0.05, 0.1) is 11.4 Å². The molecule has 0 spiro atoms. The molecule has 0 aromatic carbocycles. The largest absolute Gasteiger partial charge is 0.411 e. The van der Waals surface area contributed by atoms with Crippen LogP contribution in [0.5, 0.6) is 0 Å². The lowest BCUT2D eigenvalue weighted by Crippen LogP contribution is -2.39. The molecule has 88 valence electrons. The number of nitrogens with zero attached hydrogens (tertiary/aromatic N) is 2. The zero-order valence-corrected chi connectivity index (χ0v) is 9.02. The van der Waals surface area contributed by atoms with E-state index in [9.17, 15) is 13.2 Å². The number of hydrogen-bond acceptors (Lipinski definition) is 3. The van der Waals surface area contributed by atoms with Crippen LogP contribution < -0.4 is 5.32 Å². The van der Waals surface area contributed by atoms with Crippen LogP contribution in [0.1, 0.15) is 24.2 Å². The third-order valence-corrected chi connectivity index (χ3v) is 2.73. The molecular weight excluding hydrogens is 219 g/mol. The molecule has 1 aliphatic carbocycles. The van der Waals surface area contributed by atoms with E-state index in [4.69, 9.17) is 0 Å². The number of alkyl halides is 3. The lowest BCUT2D eigenvalue weighted by atomic mass is 10.2. The van der Waals surface area contributed by atoms with Crippen molar-refractivity contribution in [3.63, 3.8) is 0 Å². The molecule has 0 bridgehead atoms. The molecule has 6 heteroatoms. The van der Waals surface area contributed by atoms with E-state index in [0.29, 0.717) is 11.4 Å². The minimum Gasteiger partial charge on any atom is -0.355 e. The number of halogens is 3. The Bertz CT molecular complexity index is 410. The lowest BCUT2D eigenvalue weighted by molar-refractivity contribution is -0.151. The molecule has 1 aromatic rings. The van der Waals surface area contributed by atoms with Gasteiger partial charge in [-0.3, -0.25) is 4.98 Å². The topological polar surface area (TPSA) is 37.8 Å². The van der Waals surface area contributed by atoms with Gasteiger partial charge in [0, 0.05) is 6.20 Å². The first-order valence-corrected chi connectivity index (χ1v) is 4.99. The fraction of sp³-hybridized carbons (Fsp3) is 0.600. The standard InChI is InChI=1S/C10H12F3N3/c1-6-5-14-7(2)8(15-6)16-9(3-4-9)10(11,12)13/h5H,3-4H2,1-2H3,(H,15,16). The van der Waals surface area contributed by atoms with Gasteiger partial charge in [0.1, 0.15) is 11.4 Å². The molecule has 1 N–H and O–H groups in total. The Morgan fingerprint density at radius 1 is 1.31 bits per heavy atom. The van der Waals surface area contributed by atoms with Crippen LogP contribution in [-0.4, -0.2) is 21.7 Å². The van der Waals surface area contributed by atoms with Gasteiger partial charge in [-0.25, -0.2) is 4.98 Å². The fourth-order valence-corrected chi connectivity index (χ4v) is 1.49. The van der Waals surface area contributed by atoms with Crippen LogP contribution in [0, 0.1) is 13.8 Å². The first kappa shape index (κ1) is 11.2. The molecule has 1 aliphatic rings. The maximum Gasteiger partial charge on any atom is 0.411 e. The summed E-state index contributed by atoms with van der Waals surface area (Å²) in [7, 11) is 0. The van der Waals surface area contributed by atoms with Crippen molar-refractivity contribution in [1.29, 1.82) is 0 Å². The molecule has 1 saturated carbocycles. The molecule has 16 heavy (non-hydrogen) atoms. The number of aromatic nitrogens is 2. The summed E-state index contributed by atoms with van der Waals surface area (Å²) in [6.07, 6.45) is -2.49. The van der Waals surface area contributed by atoms with E-state index in [1.807, 2.05) is 0 Å². The number of hydrogen-bond donors (Lipinski definition) is 1. The van der Waals surface area contributed by atoms with Crippen LogP contribution in [0.2, 0.25) is 0 Å². The maximum atomic E-state index is 12.7. The number of aryl methyl sites for hydroxylation is 2. The predicted octanol–water partition coefficient (Wildman–Crippen LogP) is 2.60. The minimum absolute atomic E-state index is 0.103. The van der Waals surface area contributed by atoms with Crippen molar-refractivity contribution in [2.45, 2.75) is 38.4 Å². The second-order valence-electron chi connectivity index (χ2n) is 4.15. The summed E-state index contributed by atoms with van der Waals surface area (Å²) in [5.41, 5.74) is -0.688. The van der Waals surface area contributed by atoms with E-state index < -0.39 is 11.7 Å². The zero-order chi connectivity index (χ0) is 12.0. The average Bonchev–Trinajstić information content (AvgIpc) is 2.91. The molecule has 3 nitrogen and oxygen atoms in total. The molecule has 0 aliphatic heterocycles. The Morgan fingerprint density at radius 3 is 2.44 bits per heavy atom. The molecular formula is C10H12F3N3. The number of nitrogens with one attached hydrogen (secondary N) is 1. The average molecular weight is 231 g/mol. The molecule has 1 fully saturated rings. The van der Waals surface area contributed by atoms with Gasteiger partial charge >= 0.3 is 6.18 Å². The Balaban J connectivity index is 2.25. The molecule has 1 heterocycles.